The maximum absolute atomic E-state index is 5.67. The molecule has 0 saturated carbocycles. The Kier molecular flexibility index (Phi) is 5.76. The fraction of sp³-hybridized carbons (Fsp3) is 0.909. The van der Waals surface area contributed by atoms with Crippen LogP contribution in [0.25, 0.3) is 0 Å². The number of aliphatic imine (C=N–C) groups is 1. The molecule has 0 spiro atoms. The molecule has 0 bridgehead atoms. The minimum Gasteiger partial charge on any atom is -0.387 e. The van der Waals surface area contributed by atoms with Gasteiger partial charge in [0.15, 0.2) is 0 Å². The van der Waals surface area contributed by atoms with E-state index in [0.29, 0.717) is 17.8 Å². The molecule has 2 N–H and O–H groups in total. The highest BCUT2D eigenvalue weighted by Crippen LogP contribution is 2.20. The summed E-state index contributed by atoms with van der Waals surface area (Å²) in [4.78, 5) is 4.38. The minimum absolute atomic E-state index is 0.657. The molecule has 0 aliphatic rings. The minimum atomic E-state index is 0.657. The fourth-order valence-corrected chi connectivity index (χ4v) is 1.53. The highest BCUT2D eigenvalue weighted by molar-refractivity contribution is 5.79. The monoisotopic (exact) mass is 184 g/mol. The van der Waals surface area contributed by atoms with Crippen LogP contribution in [0.4, 0.5) is 0 Å². The van der Waals surface area contributed by atoms with Gasteiger partial charge in [-0.3, -0.25) is 4.99 Å². The molecular weight excluding hydrogens is 160 g/mol. The van der Waals surface area contributed by atoms with Crippen LogP contribution in [0.1, 0.15) is 41.0 Å². The third-order valence-electron chi connectivity index (χ3n) is 2.58. The van der Waals surface area contributed by atoms with Gasteiger partial charge in [0, 0.05) is 13.0 Å². The lowest BCUT2D eigenvalue weighted by molar-refractivity contribution is 0.297. The number of nitrogens with two attached hydrogens (primary N) is 1. The summed E-state index contributed by atoms with van der Waals surface area (Å²) in [7, 11) is 0. The maximum atomic E-state index is 5.67. The van der Waals surface area contributed by atoms with Crippen LogP contribution in [0.2, 0.25) is 0 Å². The number of hydrogen-bond acceptors (Lipinski definition) is 1. The van der Waals surface area contributed by atoms with Crippen molar-refractivity contribution in [1.29, 1.82) is 0 Å². The van der Waals surface area contributed by atoms with Crippen LogP contribution in [0, 0.1) is 17.8 Å². The SMILES string of the molecule is CCC(N)=NCC(C(C)C)C(C)C. The van der Waals surface area contributed by atoms with Crippen molar-refractivity contribution >= 4 is 5.84 Å². The standard InChI is InChI=1S/C11H24N2/c1-6-11(12)13-7-10(8(2)3)9(4)5/h8-10H,6-7H2,1-5H3,(H2,12,13). The molecular formula is C11H24N2. The Bertz CT molecular complexity index is 151. The molecule has 0 aromatic carbocycles. The van der Waals surface area contributed by atoms with Gasteiger partial charge in [0.05, 0.1) is 5.84 Å². The molecule has 0 fully saturated rings. The molecule has 0 amide bonds. The molecule has 0 aromatic heterocycles. The first kappa shape index (κ1) is 12.5. The van der Waals surface area contributed by atoms with Crippen molar-refractivity contribution in [2.24, 2.45) is 28.5 Å². The largest absolute Gasteiger partial charge is 0.387 e. The van der Waals surface area contributed by atoms with E-state index in [2.05, 4.69) is 32.7 Å². The van der Waals surface area contributed by atoms with Crippen molar-refractivity contribution in [3.63, 3.8) is 0 Å². The predicted octanol–water partition coefficient (Wildman–Crippen LogP) is 2.68. The molecule has 0 unspecified atom stereocenters. The summed E-state index contributed by atoms with van der Waals surface area (Å²) in [6.45, 7) is 11.9. The first-order chi connectivity index (χ1) is 5.99. The van der Waals surface area contributed by atoms with Gasteiger partial charge in [0.25, 0.3) is 0 Å². The normalized spacial score (nSPS) is 13.4. The Hall–Kier alpha value is -0.530. The summed E-state index contributed by atoms with van der Waals surface area (Å²) in [5.74, 6) is 2.82. The Morgan fingerprint density at radius 1 is 1.15 bits per heavy atom. The Balaban J connectivity index is 4.12. The second-order valence-electron chi connectivity index (χ2n) is 4.34. The average Bonchev–Trinajstić information content (AvgIpc) is 2.03. The topological polar surface area (TPSA) is 38.4 Å². The van der Waals surface area contributed by atoms with Gasteiger partial charge in [-0.05, 0) is 17.8 Å². The van der Waals surface area contributed by atoms with Crippen LogP contribution in [0.15, 0.2) is 4.99 Å². The smallest absolute Gasteiger partial charge is 0.0934 e. The number of hydrogen-bond donors (Lipinski definition) is 1. The predicted molar refractivity (Wildman–Crippen MR) is 59.9 cm³/mol. The van der Waals surface area contributed by atoms with E-state index < -0.39 is 0 Å². The third kappa shape index (κ3) is 4.91. The molecule has 2 nitrogen and oxygen atoms in total. The first-order valence-electron chi connectivity index (χ1n) is 5.27. The molecule has 0 atom stereocenters. The lowest BCUT2D eigenvalue weighted by Crippen LogP contribution is -2.21. The molecule has 0 rings (SSSR count). The molecule has 0 aliphatic heterocycles. The molecule has 0 saturated heterocycles. The van der Waals surface area contributed by atoms with Crippen molar-refractivity contribution in [1.82, 2.24) is 0 Å². The van der Waals surface area contributed by atoms with Crippen LogP contribution in [-0.2, 0) is 0 Å². The molecule has 13 heavy (non-hydrogen) atoms. The zero-order chi connectivity index (χ0) is 10.4. The Morgan fingerprint density at radius 3 is 1.92 bits per heavy atom. The molecule has 2 heteroatoms. The average molecular weight is 184 g/mol. The molecule has 78 valence electrons. The van der Waals surface area contributed by atoms with E-state index >= 15 is 0 Å². The Morgan fingerprint density at radius 2 is 1.62 bits per heavy atom. The van der Waals surface area contributed by atoms with Crippen molar-refractivity contribution in [2.75, 3.05) is 6.54 Å². The van der Waals surface area contributed by atoms with Crippen molar-refractivity contribution in [3.8, 4) is 0 Å². The zero-order valence-corrected chi connectivity index (χ0v) is 9.67. The summed E-state index contributed by atoms with van der Waals surface area (Å²) in [5, 5.41) is 0. The van der Waals surface area contributed by atoms with E-state index in [9.17, 15) is 0 Å². The summed E-state index contributed by atoms with van der Waals surface area (Å²) in [6.07, 6.45) is 0.864. The van der Waals surface area contributed by atoms with E-state index in [1.807, 2.05) is 6.92 Å². The first-order valence-corrected chi connectivity index (χ1v) is 5.27. The van der Waals surface area contributed by atoms with Gasteiger partial charge >= 0.3 is 0 Å². The number of rotatable bonds is 5. The van der Waals surface area contributed by atoms with E-state index in [1.165, 1.54) is 0 Å². The van der Waals surface area contributed by atoms with Crippen molar-refractivity contribution in [3.05, 3.63) is 0 Å². The zero-order valence-electron chi connectivity index (χ0n) is 9.67. The van der Waals surface area contributed by atoms with Gasteiger partial charge in [-0.1, -0.05) is 34.6 Å². The van der Waals surface area contributed by atoms with Gasteiger partial charge in [-0.25, -0.2) is 0 Å². The maximum Gasteiger partial charge on any atom is 0.0934 e. The second-order valence-corrected chi connectivity index (χ2v) is 4.34. The van der Waals surface area contributed by atoms with Gasteiger partial charge in [0.2, 0.25) is 0 Å². The van der Waals surface area contributed by atoms with Gasteiger partial charge < -0.3 is 5.73 Å². The summed E-state index contributed by atoms with van der Waals surface area (Å²) < 4.78 is 0. The van der Waals surface area contributed by atoms with Gasteiger partial charge in [0.1, 0.15) is 0 Å². The highest BCUT2D eigenvalue weighted by atomic mass is 14.8. The third-order valence-corrected chi connectivity index (χ3v) is 2.58. The molecule has 0 aromatic rings. The lowest BCUT2D eigenvalue weighted by Gasteiger charge is -2.22. The lowest BCUT2D eigenvalue weighted by atomic mass is 9.86. The van der Waals surface area contributed by atoms with Crippen LogP contribution in [0.5, 0.6) is 0 Å². The summed E-state index contributed by atoms with van der Waals surface area (Å²) in [6, 6.07) is 0. The number of amidine groups is 1. The van der Waals surface area contributed by atoms with E-state index in [4.69, 9.17) is 5.73 Å². The van der Waals surface area contributed by atoms with Gasteiger partial charge in [-0.15, -0.1) is 0 Å². The second kappa shape index (κ2) is 6.01. The van der Waals surface area contributed by atoms with Gasteiger partial charge in [-0.2, -0.15) is 0 Å². The van der Waals surface area contributed by atoms with Crippen molar-refractivity contribution in [2.45, 2.75) is 41.0 Å². The highest BCUT2D eigenvalue weighted by Gasteiger charge is 2.16. The molecule has 0 radical (unpaired) electrons. The van der Waals surface area contributed by atoms with Crippen LogP contribution in [0.3, 0.4) is 0 Å². The molecule has 0 aliphatic carbocycles. The van der Waals surface area contributed by atoms with Crippen LogP contribution < -0.4 is 5.73 Å². The summed E-state index contributed by atoms with van der Waals surface area (Å²) in [5.41, 5.74) is 5.67. The fourth-order valence-electron chi connectivity index (χ4n) is 1.53. The van der Waals surface area contributed by atoms with Crippen LogP contribution in [-0.4, -0.2) is 12.4 Å². The van der Waals surface area contributed by atoms with E-state index in [-0.39, 0.29) is 0 Å². The molecule has 0 heterocycles. The van der Waals surface area contributed by atoms with Crippen molar-refractivity contribution < 1.29 is 0 Å². The van der Waals surface area contributed by atoms with E-state index in [1.54, 1.807) is 0 Å². The van der Waals surface area contributed by atoms with Crippen LogP contribution >= 0.6 is 0 Å². The number of nitrogens with zero attached hydrogens (tertiary/aromatic N) is 1. The summed E-state index contributed by atoms with van der Waals surface area (Å²) >= 11 is 0. The quantitative estimate of drug-likeness (QED) is 0.518. The Labute approximate surface area is 82.6 Å². The van der Waals surface area contributed by atoms with E-state index in [0.717, 1.165) is 18.8 Å².